The quantitative estimate of drug-likeness (QED) is 0.0592. The van der Waals surface area contributed by atoms with Crippen molar-refractivity contribution in [2.24, 2.45) is 0 Å². The first-order chi connectivity index (χ1) is 23.1. The number of aromatic nitrogens is 6. The minimum Gasteiger partial charge on any atom is -0.476 e. The molecule has 5 aromatic rings. The van der Waals surface area contributed by atoms with Gasteiger partial charge in [-0.1, -0.05) is 85.6 Å². The van der Waals surface area contributed by atoms with Crippen LogP contribution >= 0.6 is 11.6 Å². The fourth-order valence-corrected chi connectivity index (χ4v) is 5.17. The van der Waals surface area contributed by atoms with Crippen LogP contribution in [0.25, 0.3) is 22.5 Å². The van der Waals surface area contributed by atoms with Crippen LogP contribution < -0.4 is 4.74 Å². The van der Waals surface area contributed by atoms with E-state index in [4.69, 9.17) is 21.1 Å². The van der Waals surface area contributed by atoms with Gasteiger partial charge in [0.1, 0.15) is 18.2 Å². The van der Waals surface area contributed by atoms with Gasteiger partial charge in [-0.05, 0) is 52.9 Å². The van der Waals surface area contributed by atoms with Gasteiger partial charge >= 0.3 is 12.1 Å². The van der Waals surface area contributed by atoms with Crippen LogP contribution in [-0.4, -0.2) is 52.1 Å². The minimum atomic E-state index is -1.13. The van der Waals surface area contributed by atoms with E-state index in [0.29, 0.717) is 29.9 Å². The van der Waals surface area contributed by atoms with Crippen molar-refractivity contribution in [2.45, 2.75) is 52.5 Å². The number of hydrogen-bond donors (Lipinski definition) is 1. The molecule has 0 amide bonds. The second-order valence-electron chi connectivity index (χ2n) is 10.6. The van der Waals surface area contributed by atoms with Crippen molar-refractivity contribution in [2.75, 3.05) is 0 Å². The van der Waals surface area contributed by atoms with Gasteiger partial charge in [-0.25, -0.2) is 14.6 Å². The Bertz CT molecular complexity index is 1930. The van der Waals surface area contributed by atoms with Crippen molar-refractivity contribution >= 4 is 23.7 Å². The molecule has 0 fully saturated rings. The molecule has 16 heteroatoms. The maximum absolute atomic E-state index is 12.4. The van der Waals surface area contributed by atoms with E-state index in [1.807, 2.05) is 48.5 Å². The zero-order valence-corrected chi connectivity index (χ0v) is 26.6. The molecule has 0 saturated carbocycles. The summed E-state index contributed by atoms with van der Waals surface area (Å²) >= 11 is 6.19. The largest absolute Gasteiger partial charge is 0.515 e. The van der Waals surface area contributed by atoms with E-state index in [9.17, 15) is 24.8 Å². The van der Waals surface area contributed by atoms with E-state index in [1.54, 1.807) is 16.7 Å². The van der Waals surface area contributed by atoms with Gasteiger partial charge < -0.3 is 24.0 Å². The molecule has 0 radical (unpaired) electrons. The Morgan fingerprint density at radius 3 is 2.50 bits per heavy atom. The van der Waals surface area contributed by atoms with Gasteiger partial charge in [-0.3, -0.25) is 0 Å². The average Bonchev–Trinajstić information content (AvgIpc) is 3.68. The molecule has 1 N–H and O–H groups in total. The SMILES string of the molecule is CCCCc1nc(Cl)c(C(=O)O)n1Cc1ccc(-c2ccccc2-c2nnn(C(C)OC(=O)Oc3cccc(CO[N+](=O)[O-])c3)n2)cc1. The zero-order chi connectivity index (χ0) is 34.2. The van der Waals surface area contributed by atoms with Crippen LogP contribution in [0.4, 0.5) is 4.79 Å². The molecule has 0 aliphatic heterocycles. The van der Waals surface area contributed by atoms with E-state index in [2.05, 4.69) is 32.2 Å². The highest BCUT2D eigenvalue weighted by Gasteiger charge is 2.22. The first-order valence-electron chi connectivity index (χ1n) is 14.8. The summed E-state index contributed by atoms with van der Waals surface area (Å²) in [4.78, 5) is 44.6. The van der Waals surface area contributed by atoms with E-state index >= 15 is 0 Å². The molecule has 248 valence electrons. The number of aromatic carboxylic acids is 1. The molecule has 0 aliphatic rings. The summed E-state index contributed by atoms with van der Waals surface area (Å²) in [5.74, 6) is -0.108. The van der Waals surface area contributed by atoms with Crippen LogP contribution in [0.15, 0.2) is 72.8 Å². The third-order valence-corrected chi connectivity index (χ3v) is 7.45. The Kier molecular flexibility index (Phi) is 10.6. The summed E-state index contributed by atoms with van der Waals surface area (Å²) in [5, 5.41) is 31.9. The van der Waals surface area contributed by atoms with Crippen molar-refractivity contribution in [3.05, 3.63) is 111 Å². The Morgan fingerprint density at radius 2 is 1.79 bits per heavy atom. The maximum atomic E-state index is 12.4. The number of hydrogen-bond acceptors (Lipinski definition) is 11. The van der Waals surface area contributed by atoms with Gasteiger partial charge in [0, 0.05) is 18.5 Å². The number of nitrogens with zero attached hydrogens (tertiary/aromatic N) is 7. The molecule has 0 saturated heterocycles. The molecular weight excluding hydrogens is 646 g/mol. The lowest BCUT2D eigenvalue weighted by atomic mass is 9.98. The summed E-state index contributed by atoms with van der Waals surface area (Å²) < 4.78 is 12.2. The standard InChI is InChI=1S/C32H30ClN7O8/c1-3-4-12-27-34-29(33)28(31(41)42)38(27)18-21-13-15-23(16-14-21)25-10-5-6-11-26(25)30-35-37-39(36-30)20(2)47-32(43)48-24-9-7-8-22(17-24)19-46-40(44)45/h5-11,13-17,20H,3-4,12,18-19H2,1-2H3,(H,41,42). The molecule has 5 rings (SSSR count). The molecule has 0 spiro atoms. The van der Waals surface area contributed by atoms with Gasteiger partial charge in [-0.15, -0.1) is 25.1 Å². The van der Waals surface area contributed by atoms with Crippen molar-refractivity contribution in [1.82, 2.24) is 29.8 Å². The number of ether oxygens (including phenoxy) is 2. The molecule has 1 atom stereocenters. The van der Waals surface area contributed by atoms with Gasteiger partial charge in [0.05, 0.1) is 0 Å². The number of aryl methyl sites for hydroxylation is 1. The summed E-state index contributed by atoms with van der Waals surface area (Å²) in [7, 11) is 0. The van der Waals surface area contributed by atoms with Crippen LogP contribution in [0, 0.1) is 10.1 Å². The minimum absolute atomic E-state index is 0.0240. The summed E-state index contributed by atoms with van der Waals surface area (Å²) in [5.41, 5.74) is 3.61. The average molecular weight is 676 g/mol. The first-order valence-corrected chi connectivity index (χ1v) is 15.2. The lowest BCUT2D eigenvalue weighted by Crippen LogP contribution is -2.19. The third-order valence-electron chi connectivity index (χ3n) is 7.19. The second kappa shape index (κ2) is 15.2. The van der Waals surface area contributed by atoms with Gasteiger partial charge in [-0.2, -0.15) is 0 Å². The van der Waals surface area contributed by atoms with Crippen molar-refractivity contribution in [3.63, 3.8) is 0 Å². The number of benzene rings is 3. The number of rotatable bonds is 14. The van der Waals surface area contributed by atoms with E-state index in [-0.39, 0.29) is 29.0 Å². The lowest BCUT2D eigenvalue weighted by Gasteiger charge is -2.12. The smallest absolute Gasteiger partial charge is 0.476 e. The fraction of sp³-hybridized carbons (Fsp3) is 0.250. The molecule has 0 aliphatic carbocycles. The van der Waals surface area contributed by atoms with E-state index in [0.717, 1.165) is 34.3 Å². The summed E-state index contributed by atoms with van der Waals surface area (Å²) in [6.07, 6.45) is 0.381. The topological polar surface area (TPSA) is 187 Å². The zero-order valence-electron chi connectivity index (χ0n) is 25.9. The number of carboxylic acid groups (broad SMARTS) is 1. The highest BCUT2D eigenvalue weighted by atomic mass is 35.5. The molecular formula is C32H30ClN7O8. The monoisotopic (exact) mass is 675 g/mol. The van der Waals surface area contributed by atoms with Crippen LogP contribution in [0.3, 0.4) is 0 Å². The molecule has 0 bridgehead atoms. The fourth-order valence-electron chi connectivity index (χ4n) is 4.89. The Labute approximate surface area is 278 Å². The molecule has 3 aromatic carbocycles. The lowest BCUT2D eigenvalue weighted by molar-refractivity contribution is -0.763. The van der Waals surface area contributed by atoms with Gasteiger partial charge in [0.15, 0.2) is 10.8 Å². The number of carboxylic acids is 1. The molecule has 2 aromatic heterocycles. The van der Waals surface area contributed by atoms with Crippen molar-refractivity contribution in [3.8, 4) is 28.3 Å². The molecule has 1 unspecified atom stereocenters. The van der Waals surface area contributed by atoms with Crippen molar-refractivity contribution in [1.29, 1.82) is 0 Å². The van der Waals surface area contributed by atoms with E-state index in [1.165, 1.54) is 19.1 Å². The Morgan fingerprint density at radius 1 is 1.04 bits per heavy atom. The molecule has 2 heterocycles. The van der Waals surface area contributed by atoms with E-state index < -0.39 is 23.4 Å². The number of imidazole rings is 1. The van der Waals surface area contributed by atoms with Crippen molar-refractivity contribution < 1.29 is 34.1 Å². The molecule has 48 heavy (non-hydrogen) atoms. The van der Waals surface area contributed by atoms with Crippen LogP contribution in [-0.2, 0) is 29.1 Å². The third kappa shape index (κ3) is 8.11. The van der Waals surface area contributed by atoms with Gasteiger partial charge in [0.25, 0.3) is 5.09 Å². The Hall–Kier alpha value is -5.83. The predicted octanol–water partition coefficient (Wildman–Crippen LogP) is 6.39. The van der Waals surface area contributed by atoms with Gasteiger partial charge in [0.2, 0.25) is 12.1 Å². The number of unbranched alkanes of at least 4 members (excludes halogenated alkanes) is 1. The summed E-state index contributed by atoms with van der Waals surface area (Å²) in [6, 6.07) is 21.2. The highest BCUT2D eigenvalue weighted by molar-refractivity contribution is 6.32. The number of carbonyl (C=O) groups is 2. The van der Waals surface area contributed by atoms with Crippen LogP contribution in [0.5, 0.6) is 5.75 Å². The number of halogens is 1. The normalized spacial score (nSPS) is 11.6. The van der Waals surface area contributed by atoms with Crippen LogP contribution in [0.1, 0.15) is 60.4 Å². The highest BCUT2D eigenvalue weighted by Crippen LogP contribution is 2.31. The summed E-state index contributed by atoms with van der Waals surface area (Å²) in [6.45, 7) is 3.58. The predicted molar refractivity (Wildman–Crippen MR) is 171 cm³/mol. The maximum Gasteiger partial charge on any atom is 0.515 e. The molecule has 15 nitrogen and oxygen atoms in total. The first kappa shape index (κ1) is 33.5. The number of carbonyl (C=O) groups excluding carboxylic acids is 1. The second-order valence-corrected chi connectivity index (χ2v) is 10.9. The number of tetrazole rings is 1. The van der Waals surface area contributed by atoms with Crippen LogP contribution in [0.2, 0.25) is 5.15 Å². The Balaban J connectivity index is 1.28.